The van der Waals surface area contributed by atoms with Crippen molar-refractivity contribution in [2.24, 2.45) is 0 Å². The summed E-state index contributed by atoms with van der Waals surface area (Å²) in [5, 5.41) is 12.6. The Morgan fingerprint density at radius 1 is 1.39 bits per heavy atom. The van der Waals surface area contributed by atoms with E-state index in [9.17, 15) is 0 Å². The first-order chi connectivity index (χ1) is 8.57. The van der Waals surface area contributed by atoms with Gasteiger partial charge in [-0.3, -0.25) is 0 Å². The maximum atomic E-state index is 9.12. The maximum absolute atomic E-state index is 9.12. The van der Waals surface area contributed by atoms with Gasteiger partial charge in [-0.2, -0.15) is 5.26 Å². The first kappa shape index (κ1) is 12.9. The molecule has 1 aromatic carbocycles. The van der Waals surface area contributed by atoms with Crippen molar-refractivity contribution in [1.82, 2.24) is 4.90 Å². The summed E-state index contributed by atoms with van der Waals surface area (Å²) in [6, 6.07) is 8.17. The summed E-state index contributed by atoms with van der Waals surface area (Å²) >= 11 is 0. The Balaban J connectivity index is 2.11. The molecule has 3 heteroatoms. The molecule has 0 saturated heterocycles. The second-order valence-corrected chi connectivity index (χ2v) is 5.49. The zero-order chi connectivity index (χ0) is 13.2. The minimum Gasteiger partial charge on any atom is -0.382 e. The topological polar surface area (TPSA) is 39.1 Å². The molecule has 1 aromatic rings. The van der Waals surface area contributed by atoms with E-state index in [2.05, 4.69) is 43.4 Å². The number of aryl methyl sites for hydroxylation is 1. The SMILES string of the molecule is Cc1ccc(C#N)c(NCC2(N(C)C)CCC2)c1. The smallest absolute Gasteiger partial charge is 0.101 e. The fraction of sp³-hybridized carbons (Fsp3) is 0.533. The van der Waals surface area contributed by atoms with Gasteiger partial charge in [0.25, 0.3) is 0 Å². The van der Waals surface area contributed by atoms with Crippen LogP contribution in [0.25, 0.3) is 0 Å². The summed E-state index contributed by atoms with van der Waals surface area (Å²) in [6.07, 6.45) is 3.78. The fourth-order valence-electron chi connectivity index (χ4n) is 2.53. The van der Waals surface area contributed by atoms with Crippen LogP contribution >= 0.6 is 0 Å². The van der Waals surface area contributed by atoms with E-state index >= 15 is 0 Å². The Hall–Kier alpha value is -1.53. The fourth-order valence-corrected chi connectivity index (χ4v) is 2.53. The monoisotopic (exact) mass is 243 g/mol. The molecule has 0 aromatic heterocycles. The predicted molar refractivity (Wildman–Crippen MR) is 74.7 cm³/mol. The average molecular weight is 243 g/mol. The molecule has 96 valence electrons. The van der Waals surface area contributed by atoms with E-state index in [4.69, 9.17) is 5.26 Å². The molecule has 2 rings (SSSR count). The molecule has 0 bridgehead atoms. The van der Waals surface area contributed by atoms with E-state index in [-0.39, 0.29) is 5.54 Å². The second-order valence-electron chi connectivity index (χ2n) is 5.49. The molecule has 0 aliphatic heterocycles. The summed E-state index contributed by atoms with van der Waals surface area (Å²) in [6.45, 7) is 2.97. The van der Waals surface area contributed by atoms with Gasteiger partial charge in [0, 0.05) is 12.1 Å². The molecular weight excluding hydrogens is 222 g/mol. The minimum atomic E-state index is 0.274. The zero-order valence-corrected chi connectivity index (χ0v) is 11.5. The zero-order valence-electron chi connectivity index (χ0n) is 11.5. The van der Waals surface area contributed by atoms with Gasteiger partial charge in [-0.05, 0) is 58.0 Å². The third kappa shape index (κ3) is 2.34. The Kier molecular flexibility index (Phi) is 3.58. The third-order valence-corrected chi connectivity index (χ3v) is 4.14. The number of nitrogens with zero attached hydrogens (tertiary/aromatic N) is 2. The molecule has 1 saturated carbocycles. The molecule has 0 unspecified atom stereocenters. The number of rotatable bonds is 4. The van der Waals surface area contributed by atoms with Crippen molar-refractivity contribution in [1.29, 1.82) is 5.26 Å². The molecule has 18 heavy (non-hydrogen) atoms. The molecule has 1 aliphatic carbocycles. The second kappa shape index (κ2) is 4.99. The number of hydrogen-bond donors (Lipinski definition) is 1. The Morgan fingerprint density at radius 2 is 2.11 bits per heavy atom. The lowest BCUT2D eigenvalue weighted by Crippen LogP contribution is -2.54. The molecule has 0 heterocycles. The van der Waals surface area contributed by atoms with Gasteiger partial charge in [0.1, 0.15) is 6.07 Å². The summed E-state index contributed by atoms with van der Waals surface area (Å²) in [7, 11) is 4.28. The van der Waals surface area contributed by atoms with Crippen molar-refractivity contribution in [3.63, 3.8) is 0 Å². The normalized spacial score (nSPS) is 17.1. The number of nitriles is 1. The van der Waals surface area contributed by atoms with Crippen LogP contribution in [-0.4, -0.2) is 31.1 Å². The lowest BCUT2D eigenvalue weighted by atomic mass is 9.75. The van der Waals surface area contributed by atoms with Gasteiger partial charge in [-0.15, -0.1) is 0 Å². The highest BCUT2D eigenvalue weighted by molar-refractivity contribution is 5.59. The molecule has 0 radical (unpaired) electrons. The summed E-state index contributed by atoms with van der Waals surface area (Å²) in [4.78, 5) is 2.31. The first-order valence-corrected chi connectivity index (χ1v) is 6.49. The van der Waals surface area contributed by atoms with Crippen molar-refractivity contribution >= 4 is 5.69 Å². The maximum Gasteiger partial charge on any atom is 0.101 e. The Labute approximate surface area is 109 Å². The van der Waals surface area contributed by atoms with Crippen LogP contribution in [0.5, 0.6) is 0 Å². The van der Waals surface area contributed by atoms with Crippen molar-refractivity contribution in [3.8, 4) is 6.07 Å². The molecule has 0 atom stereocenters. The van der Waals surface area contributed by atoms with Crippen LogP contribution in [0.4, 0.5) is 5.69 Å². The predicted octanol–water partition coefficient (Wildman–Crippen LogP) is 2.76. The molecule has 1 aliphatic rings. The highest BCUT2D eigenvalue weighted by atomic mass is 15.2. The van der Waals surface area contributed by atoms with Crippen molar-refractivity contribution in [2.45, 2.75) is 31.7 Å². The quantitative estimate of drug-likeness (QED) is 0.883. The molecule has 0 spiro atoms. The van der Waals surface area contributed by atoms with Crippen molar-refractivity contribution < 1.29 is 0 Å². The summed E-state index contributed by atoms with van der Waals surface area (Å²) < 4.78 is 0. The van der Waals surface area contributed by atoms with E-state index in [0.717, 1.165) is 17.8 Å². The van der Waals surface area contributed by atoms with Gasteiger partial charge in [-0.1, -0.05) is 6.07 Å². The number of anilines is 1. The highest BCUT2D eigenvalue weighted by Gasteiger charge is 2.38. The van der Waals surface area contributed by atoms with Crippen LogP contribution < -0.4 is 5.32 Å². The van der Waals surface area contributed by atoms with E-state index in [1.54, 1.807) is 0 Å². The van der Waals surface area contributed by atoms with E-state index in [1.165, 1.54) is 24.8 Å². The van der Waals surface area contributed by atoms with Gasteiger partial charge in [0.2, 0.25) is 0 Å². The number of nitrogens with one attached hydrogen (secondary N) is 1. The van der Waals surface area contributed by atoms with Gasteiger partial charge < -0.3 is 10.2 Å². The van der Waals surface area contributed by atoms with Crippen LogP contribution in [0.1, 0.15) is 30.4 Å². The third-order valence-electron chi connectivity index (χ3n) is 4.14. The molecular formula is C15H21N3. The van der Waals surface area contributed by atoms with E-state index in [0.29, 0.717) is 0 Å². The van der Waals surface area contributed by atoms with Gasteiger partial charge in [0.05, 0.1) is 11.3 Å². The van der Waals surface area contributed by atoms with Crippen LogP contribution in [-0.2, 0) is 0 Å². The molecule has 1 N–H and O–H groups in total. The van der Waals surface area contributed by atoms with Crippen LogP contribution in [0.3, 0.4) is 0 Å². The van der Waals surface area contributed by atoms with Gasteiger partial charge in [0.15, 0.2) is 0 Å². The number of hydrogen-bond acceptors (Lipinski definition) is 3. The summed E-state index contributed by atoms with van der Waals surface area (Å²) in [5.41, 5.74) is 3.15. The molecule has 1 fully saturated rings. The van der Waals surface area contributed by atoms with Crippen molar-refractivity contribution in [2.75, 3.05) is 26.0 Å². The van der Waals surface area contributed by atoms with Gasteiger partial charge >= 0.3 is 0 Å². The standard InChI is InChI=1S/C15H21N3/c1-12-5-6-13(10-16)14(9-12)17-11-15(18(2)3)7-4-8-15/h5-6,9,17H,4,7-8,11H2,1-3H3. The summed E-state index contributed by atoms with van der Waals surface area (Å²) in [5.74, 6) is 0. The molecule has 0 amide bonds. The number of benzene rings is 1. The van der Waals surface area contributed by atoms with Crippen LogP contribution in [0.2, 0.25) is 0 Å². The van der Waals surface area contributed by atoms with Gasteiger partial charge in [-0.25, -0.2) is 0 Å². The van der Waals surface area contributed by atoms with E-state index in [1.807, 2.05) is 12.1 Å². The largest absolute Gasteiger partial charge is 0.382 e. The van der Waals surface area contributed by atoms with Crippen LogP contribution in [0, 0.1) is 18.3 Å². The lowest BCUT2D eigenvalue weighted by Gasteiger charge is -2.47. The highest BCUT2D eigenvalue weighted by Crippen LogP contribution is 2.36. The minimum absolute atomic E-state index is 0.274. The first-order valence-electron chi connectivity index (χ1n) is 6.49. The molecule has 3 nitrogen and oxygen atoms in total. The Morgan fingerprint density at radius 3 is 2.61 bits per heavy atom. The average Bonchev–Trinajstić information content (AvgIpc) is 2.27. The van der Waals surface area contributed by atoms with Crippen molar-refractivity contribution in [3.05, 3.63) is 29.3 Å². The van der Waals surface area contributed by atoms with E-state index < -0.39 is 0 Å². The Bertz CT molecular complexity index is 467. The number of likely N-dealkylation sites (N-methyl/N-ethyl adjacent to an activating group) is 1. The lowest BCUT2D eigenvalue weighted by molar-refractivity contribution is 0.0739. The van der Waals surface area contributed by atoms with Crippen LogP contribution in [0.15, 0.2) is 18.2 Å².